The summed E-state index contributed by atoms with van der Waals surface area (Å²) in [7, 11) is 0. The molecule has 0 bridgehead atoms. The van der Waals surface area contributed by atoms with Crippen LogP contribution in [-0.2, 0) is 0 Å². The van der Waals surface area contributed by atoms with E-state index in [1.165, 1.54) is 5.56 Å². The molecule has 0 saturated heterocycles. The first-order chi connectivity index (χ1) is 16.5. The van der Waals surface area contributed by atoms with Gasteiger partial charge in [0.05, 0.1) is 36.3 Å². The molecule has 0 amide bonds. The first-order valence-corrected chi connectivity index (χ1v) is 11.7. The van der Waals surface area contributed by atoms with Gasteiger partial charge in [0.25, 0.3) is 5.56 Å². The van der Waals surface area contributed by atoms with Crippen molar-refractivity contribution in [1.82, 2.24) is 29.8 Å². The fraction of sp³-hybridized carbons (Fsp3) is 0.400. The zero-order chi connectivity index (χ0) is 23.8. The lowest BCUT2D eigenvalue weighted by molar-refractivity contribution is 0.393. The molecular weight excluding hydrogens is 428 g/mol. The number of H-pyrrole nitrogens is 1. The van der Waals surface area contributed by atoms with E-state index in [2.05, 4.69) is 59.6 Å². The summed E-state index contributed by atoms with van der Waals surface area (Å²) < 4.78 is 3.76. The number of hydrogen-bond acceptors (Lipinski definition) is 6. The highest BCUT2D eigenvalue weighted by molar-refractivity contribution is 5.91. The monoisotopic (exact) mass is 456 g/mol. The van der Waals surface area contributed by atoms with E-state index in [0.29, 0.717) is 29.5 Å². The molecule has 0 aliphatic heterocycles. The standard InChI is InChI=1S/C25H28N8O/c1-15(2)23(32-13-12-28-31-32)19-7-6-18(14-16(19)3)29-24-22-21(9-11-27-25(22)34)33(30-24)20(8-10-26)17-4-5-17/h6-7,9,11-15,17,20,23H,4-5,8H2,1-3H3,(H,27,34)(H,29,30)/t20?,23-/m0/s1. The Labute approximate surface area is 197 Å². The van der Waals surface area contributed by atoms with E-state index >= 15 is 0 Å². The number of fused-ring (bicyclic) bond motifs is 1. The number of aryl methyl sites for hydroxylation is 1. The highest BCUT2D eigenvalue weighted by atomic mass is 16.1. The first-order valence-electron chi connectivity index (χ1n) is 11.7. The van der Waals surface area contributed by atoms with Gasteiger partial charge in [0.15, 0.2) is 5.82 Å². The second-order valence-corrected chi connectivity index (χ2v) is 9.40. The molecule has 1 aromatic carbocycles. The van der Waals surface area contributed by atoms with Gasteiger partial charge < -0.3 is 10.3 Å². The van der Waals surface area contributed by atoms with Crippen molar-refractivity contribution in [2.75, 3.05) is 5.32 Å². The van der Waals surface area contributed by atoms with Gasteiger partial charge in [-0.05, 0) is 60.9 Å². The summed E-state index contributed by atoms with van der Waals surface area (Å²) in [4.78, 5) is 15.5. The third-order valence-electron chi connectivity index (χ3n) is 6.62. The third kappa shape index (κ3) is 3.96. The van der Waals surface area contributed by atoms with Crippen LogP contribution in [0.1, 0.15) is 56.3 Å². The molecule has 174 valence electrons. The van der Waals surface area contributed by atoms with Gasteiger partial charge >= 0.3 is 0 Å². The number of benzene rings is 1. The molecule has 9 nitrogen and oxygen atoms in total. The molecule has 0 radical (unpaired) electrons. The molecule has 9 heteroatoms. The quantitative estimate of drug-likeness (QED) is 0.404. The Kier molecular flexibility index (Phi) is 5.65. The fourth-order valence-corrected chi connectivity index (χ4v) is 4.86. The number of nitriles is 1. The van der Waals surface area contributed by atoms with Gasteiger partial charge in [-0.25, -0.2) is 4.68 Å². The summed E-state index contributed by atoms with van der Waals surface area (Å²) in [5.41, 5.74) is 3.68. The van der Waals surface area contributed by atoms with Crippen molar-refractivity contribution in [3.63, 3.8) is 0 Å². The normalized spacial score (nSPS) is 15.4. The van der Waals surface area contributed by atoms with Crippen molar-refractivity contribution < 1.29 is 0 Å². The van der Waals surface area contributed by atoms with E-state index in [9.17, 15) is 10.1 Å². The summed E-state index contributed by atoms with van der Waals surface area (Å²) in [6.45, 7) is 6.41. The van der Waals surface area contributed by atoms with Gasteiger partial charge in [-0.1, -0.05) is 25.1 Å². The minimum absolute atomic E-state index is 0.0246. The van der Waals surface area contributed by atoms with Crippen LogP contribution in [-0.4, -0.2) is 29.8 Å². The fourth-order valence-electron chi connectivity index (χ4n) is 4.86. The van der Waals surface area contributed by atoms with Gasteiger partial charge in [-0.2, -0.15) is 10.4 Å². The number of rotatable bonds is 8. The molecule has 1 saturated carbocycles. The van der Waals surface area contributed by atoms with E-state index in [1.807, 2.05) is 27.7 Å². The average Bonchev–Trinajstić information content (AvgIpc) is 3.38. The lowest BCUT2D eigenvalue weighted by Gasteiger charge is -2.23. The van der Waals surface area contributed by atoms with Crippen LogP contribution in [0.4, 0.5) is 11.5 Å². The Hall–Kier alpha value is -3.93. The molecule has 3 aromatic heterocycles. The van der Waals surface area contributed by atoms with E-state index in [4.69, 9.17) is 5.10 Å². The van der Waals surface area contributed by atoms with Crippen molar-refractivity contribution in [2.45, 2.75) is 52.1 Å². The Morgan fingerprint density at radius 3 is 2.76 bits per heavy atom. The topological polar surface area (TPSA) is 117 Å². The zero-order valence-corrected chi connectivity index (χ0v) is 19.6. The van der Waals surface area contributed by atoms with Gasteiger partial charge in [0.1, 0.15) is 5.39 Å². The number of nitrogens with zero attached hydrogens (tertiary/aromatic N) is 6. The number of hydrogen-bond donors (Lipinski definition) is 2. The SMILES string of the molecule is Cc1cc(Nc2nn(C(CC#N)C3CC3)c3cc[nH]c(=O)c23)ccc1[C@H](C(C)C)n1ccnn1. The largest absolute Gasteiger partial charge is 0.338 e. The summed E-state index contributed by atoms with van der Waals surface area (Å²) in [6, 6.07) is 10.4. The van der Waals surface area contributed by atoms with Crippen molar-refractivity contribution >= 4 is 22.4 Å². The van der Waals surface area contributed by atoms with Crippen molar-refractivity contribution in [3.05, 3.63) is 64.3 Å². The molecule has 4 aromatic rings. The van der Waals surface area contributed by atoms with Crippen molar-refractivity contribution in [2.24, 2.45) is 11.8 Å². The van der Waals surface area contributed by atoms with Crippen molar-refractivity contribution in [1.29, 1.82) is 5.26 Å². The number of anilines is 2. The Bertz CT molecular complexity index is 1410. The predicted molar refractivity (Wildman–Crippen MR) is 130 cm³/mol. The number of pyridine rings is 1. The molecule has 34 heavy (non-hydrogen) atoms. The predicted octanol–water partition coefficient (Wildman–Crippen LogP) is 4.48. The third-order valence-corrected chi connectivity index (χ3v) is 6.62. The Balaban J connectivity index is 1.52. The van der Waals surface area contributed by atoms with Crippen LogP contribution in [0, 0.1) is 30.1 Å². The molecule has 2 N–H and O–H groups in total. The molecule has 3 heterocycles. The summed E-state index contributed by atoms with van der Waals surface area (Å²) in [6.07, 6.45) is 7.77. The maximum absolute atomic E-state index is 12.8. The highest BCUT2D eigenvalue weighted by Crippen LogP contribution is 2.43. The van der Waals surface area contributed by atoms with Crippen LogP contribution >= 0.6 is 0 Å². The maximum atomic E-state index is 12.8. The van der Waals surface area contributed by atoms with E-state index in [1.54, 1.807) is 12.4 Å². The maximum Gasteiger partial charge on any atom is 0.261 e. The molecule has 1 fully saturated rings. The van der Waals surface area contributed by atoms with Crippen LogP contribution in [0.25, 0.3) is 10.9 Å². The minimum Gasteiger partial charge on any atom is -0.338 e. The highest BCUT2D eigenvalue weighted by Gasteiger charge is 2.34. The van der Waals surface area contributed by atoms with Crippen LogP contribution in [0.5, 0.6) is 0 Å². The number of aromatic nitrogens is 6. The van der Waals surface area contributed by atoms with Crippen LogP contribution in [0.3, 0.4) is 0 Å². The second-order valence-electron chi connectivity index (χ2n) is 9.40. The second kappa shape index (κ2) is 8.78. The number of nitrogens with one attached hydrogen (secondary N) is 2. The lowest BCUT2D eigenvalue weighted by atomic mass is 9.92. The van der Waals surface area contributed by atoms with Gasteiger partial charge in [0.2, 0.25) is 0 Å². The zero-order valence-electron chi connectivity index (χ0n) is 19.6. The Morgan fingerprint density at radius 1 is 1.29 bits per heavy atom. The molecule has 1 aliphatic carbocycles. The van der Waals surface area contributed by atoms with Crippen LogP contribution in [0.15, 0.2) is 47.7 Å². The molecule has 2 atom stereocenters. The van der Waals surface area contributed by atoms with Gasteiger partial charge in [-0.15, -0.1) is 5.10 Å². The van der Waals surface area contributed by atoms with Crippen LogP contribution < -0.4 is 10.9 Å². The summed E-state index contributed by atoms with van der Waals surface area (Å²) >= 11 is 0. The minimum atomic E-state index is -0.197. The lowest BCUT2D eigenvalue weighted by Crippen LogP contribution is -2.18. The van der Waals surface area contributed by atoms with Crippen LogP contribution in [0.2, 0.25) is 0 Å². The average molecular weight is 457 g/mol. The van der Waals surface area contributed by atoms with Crippen molar-refractivity contribution in [3.8, 4) is 6.07 Å². The summed E-state index contributed by atoms with van der Waals surface area (Å²) in [5.74, 6) is 1.27. The van der Waals surface area contributed by atoms with E-state index < -0.39 is 0 Å². The smallest absolute Gasteiger partial charge is 0.261 e. The van der Waals surface area contributed by atoms with Gasteiger partial charge in [-0.3, -0.25) is 9.48 Å². The molecule has 5 rings (SSSR count). The molecule has 1 unspecified atom stereocenters. The number of aromatic amines is 1. The van der Waals surface area contributed by atoms with Gasteiger partial charge in [0, 0.05) is 18.1 Å². The first kappa shape index (κ1) is 21.9. The Morgan fingerprint density at radius 2 is 2.12 bits per heavy atom. The molecule has 0 spiro atoms. The van der Waals surface area contributed by atoms with E-state index in [0.717, 1.165) is 29.6 Å². The molecule has 1 aliphatic rings. The summed E-state index contributed by atoms with van der Waals surface area (Å²) in [5, 5.41) is 26.2. The molecular formula is C25H28N8O. The van der Waals surface area contributed by atoms with E-state index in [-0.39, 0.29) is 17.6 Å².